The van der Waals surface area contributed by atoms with Crippen LogP contribution in [0.1, 0.15) is 22.9 Å². The van der Waals surface area contributed by atoms with Crippen LogP contribution in [0.25, 0.3) is 0 Å². The predicted octanol–water partition coefficient (Wildman–Crippen LogP) is 5.70. The maximum absolute atomic E-state index is 13.9. The number of aryl methyl sites for hydroxylation is 1. The second-order valence-corrected chi connectivity index (χ2v) is 9.81. The zero-order chi connectivity index (χ0) is 27.9. The van der Waals surface area contributed by atoms with Gasteiger partial charge in [0.1, 0.15) is 18.0 Å². The van der Waals surface area contributed by atoms with E-state index in [4.69, 9.17) is 9.47 Å². The summed E-state index contributed by atoms with van der Waals surface area (Å²) >= 11 is 0. The lowest BCUT2D eigenvalue weighted by molar-refractivity contribution is -0.134. The molecule has 8 nitrogen and oxygen atoms in total. The van der Waals surface area contributed by atoms with Gasteiger partial charge in [0, 0.05) is 44.3 Å². The molecule has 3 amide bonds. The molecule has 0 saturated heterocycles. The quantitative estimate of drug-likeness (QED) is 0.297. The molecule has 2 heterocycles. The Kier molecular flexibility index (Phi) is 8.47. The van der Waals surface area contributed by atoms with Crippen LogP contribution in [0.3, 0.4) is 0 Å². The minimum absolute atomic E-state index is 0.0710. The Bertz CT molecular complexity index is 1430. The van der Waals surface area contributed by atoms with Crippen molar-refractivity contribution in [2.24, 2.45) is 0 Å². The van der Waals surface area contributed by atoms with Gasteiger partial charge in [0.05, 0.1) is 12.6 Å². The zero-order valence-corrected chi connectivity index (χ0v) is 22.8. The number of hydrogen-bond acceptors (Lipinski definition) is 4. The highest BCUT2D eigenvalue weighted by molar-refractivity contribution is 5.92. The van der Waals surface area contributed by atoms with E-state index in [1.54, 1.807) is 7.11 Å². The summed E-state index contributed by atoms with van der Waals surface area (Å²) in [6.45, 7) is 3.72. The molecule has 40 heavy (non-hydrogen) atoms. The number of hydrogen-bond donors (Lipinski definition) is 1. The number of urea groups is 1. The topological polar surface area (TPSA) is 76.0 Å². The third kappa shape index (κ3) is 6.35. The van der Waals surface area contributed by atoms with Gasteiger partial charge in [-0.1, -0.05) is 48.0 Å². The lowest BCUT2D eigenvalue weighted by Gasteiger charge is -2.38. The minimum Gasteiger partial charge on any atom is -0.457 e. The summed E-state index contributed by atoms with van der Waals surface area (Å²) in [7, 11) is 1.58. The number of carbonyl (C=O) groups is 2. The fourth-order valence-corrected chi connectivity index (χ4v) is 4.92. The summed E-state index contributed by atoms with van der Waals surface area (Å²) in [6.07, 6.45) is 2.04. The number of aromatic nitrogens is 1. The number of anilines is 1. The third-order valence-corrected chi connectivity index (χ3v) is 6.99. The van der Waals surface area contributed by atoms with Crippen molar-refractivity contribution in [2.75, 3.05) is 38.7 Å². The van der Waals surface area contributed by atoms with Crippen molar-refractivity contribution < 1.29 is 19.1 Å². The first-order valence-electron chi connectivity index (χ1n) is 13.4. The van der Waals surface area contributed by atoms with E-state index in [0.717, 1.165) is 22.6 Å². The molecule has 0 spiro atoms. The summed E-state index contributed by atoms with van der Waals surface area (Å²) in [5.41, 5.74) is 3.73. The van der Waals surface area contributed by atoms with Crippen LogP contribution < -0.4 is 10.1 Å². The summed E-state index contributed by atoms with van der Waals surface area (Å²) in [4.78, 5) is 30.5. The molecule has 0 radical (unpaired) electrons. The van der Waals surface area contributed by atoms with Crippen LogP contribution in [0.5, 0.6) is 11.5 Å². The van der Waals surface area contributed by atoms with E-state index >= 15 is 0 Å². The standard InChI is InChI=1S/C32H34N4O4/c1-24-13-15-26(16-14-24)33-32(38)35(20-21-39-2)23-30(37)36-19-18-34-17-7-12-29(34)31(36)25-8-6-11-28(22-25)40-27-9-4-3-5-10-27/h3-17,22,31H,18-21,23H2,1-2H3,(H,33,38)/t31-/m1/s1. The van der Waals surface area contributed by atoms with Gasteiger partial charge in [0.2, 0.25) is 5.91 Å². The average Bonchev–Trinajstić information content (AvgIpc) is 3.45. The molecule has 1 aromatic heterocycles. The van der Waals surface area contributed by atoms with Gasteiger partial charge in [-0.15, -0.1) is 0 Å². The van der Waals surface area contributed by atoms with Crippen molar-refractivity contribution in [3.05, 3.63) is 114 Å². The van der Waals surface area contributed by atoms with E-state index < -0.39 is 0 Å². The Hall–Kier alpha value is -4.56. The number of para-hydroxylation sites is 1. The minimum atomic E-state index is -0.343. The average molecular weight is 539 g/mol. The maximum Gasteiger partial charge on any atom is 0.322 e. The molecule has 206 valence electrons. The van der Waals surface area contributed by atoms with Gasteiger partial charge >= 0.3 is 6.03 Å². The van der Waals surface area contributed by atoms with Crippen LogP contribution in [0, 0.1) is 6.92 Å². The number of ether oxygens (including phenoxy) is 2. The first kappa shape index (κ1) is 27.0. The zero-order valence-electron chi connectivity index (χ0n) is 22.8. The van der Waals surface area contributed by atoms with Gasteiger partial charge in [-0.25, -0.2) is 4.79 Å². The van der Waals surface area contributed by atoms with Gasteiger partial charge in [-0.05, 0) is 61.0 Å². The molecule has 5 rings (SSSR count). The Morgan fingerprint density at radius 2 is 1.70 bits per heavy atom. The smallest absolute Gasteiger partial charge is 0.322 e. The van der Waals surface area contributed by atoms with Crippen molar-refractivity contribution in [1.82, 2.24) is 14.4 Å². The highest BCUT2D eigenvalue weighted by Gasteiger charge is 2.33. The summed E-state index contributed by atoms with van der Waals surface area (Å²) in [5.74, 6) is 1.30. The SMILES string of the molecule is COCCN(CC(=O)N1CCn2cccc2[C@H]1c1cccc(Oc2ccccc2)c1)C(=O)Nc1ccc(C)cc1. The molecular weight excluding hydrogens is 504 g/mol. The highest BCUT2D eigenvalue weighted by Crippen LogP contribution is 2.35. The van der Waals surface area contributed by atoms with Gasteiger partial charge in [-0.3, -0.25) is 4.79 Å². The monoisotopic (exact) mass is 538 g/mol. The van der Waals surface area contributed by atoms with Crippen molar-refractivity contribution >= 4 is 17.6 Å². The molecule has 3 aromatic carbocycles. The molecule has 4 aromatic rings. The third-order valence-electron chi connectivity index (χ3n) is 6.99. The molecule has 0 unspecified atom stereocenters. The van der Waals surface area contributed by atoms with Crippen molar-refractivity contribution in [2.45, 2.75) is 19.5 Å². The maximum atomic E-state index is 13.9. The summed E-state index contributed by atoms with van der Waals surface area (Å²) in [5, 5.41) is 2.91. The Morgan fingerprint density at radius 1 is 0.925 bits per heavy atom. The normalized spacial score (nSPS) is 14.3. The molecule has 0 bridgehead atoms. The van der Waals surface area contributed by atoms with Gasteiger partial charge in [-0.2, -0.15) is 0 Å². The van der Waals surface area contributed by atoms with Crippen LogP contribution in [0.15, 0.2) is 97.2 Å². The van der Waals surface area contributed by atoms with Crippen molar-refractivity contribution in [3.63, 3.8) is 0 Å². The number of fused-ring (bicyclic) bond motifs is 1. The first-order chi connectivity index (χ1) is 19.5. The van der Waals surface area contributed by atoms with E-state index in [1.165, 1.54) is 4.90 Å². The lowest BCUT2D eigenvalue weighted by atomic mass is 9.99. The number of benzene rings is 3. The molecule has 1 atom stereocenters. The molecule has 1 N–H and O–H groups in total. The second kappa shape index (κ2) is 12.5. The number of amides is 3. The number of rotatable bonds is 9. The van der Waals surface area contributed by atoms with Gasteiger partial charge in [0.25, 0.3) is 0 Å². The molecule has 8 heteroatoms. The van der Waals surface area contributed by atoms with Gasteiger partial charge in [0.15, 0.2) is 0 Å². The predicted molar refractivity (Wildman–Crippen MR) is 155 cm³/mol. The van der Waals surface area contributed by atoms with E-state index in [2.05, 4.69) is 9.88 Å². The Balaban J connectivity index is 1.38. The van der Waals surface area contributed by atoms with Crippen molar-refractivity contribution in [1.29, 1.82) is 0 Å². The molecule has 1 aliphatic heterocycles. The fourth-order valence-electron chi connectivity index (χ4n) is 4.92. The first-order valence-corrected chi connectivity index (χ1v) is 13.4. The largest absolute Gasteiger partial charge is 0.457 e. The van der Waals surface area contributed by atoms with Crippen LogP contribution in [-0.2, 0) is 16.1 Å². The molecule has 0 saturated carbocycles. The van der Waals surface area contributed by atoms with E-state index in [9.17, 15) is 9.59 Å². The molecule has 1 aliphatic rings. The number of methoxy groups -OCH3 is 1. The number of nitrogens with zero attached hydrogens (tertiary/aromatic N) is 3. The summed E-state index contributed by atoms with van der Waals surface area (Å²) < 4.78 is 13.5. The second-order valence-electron chi connectivity index (χ2n) is 9.81. The summed E-state index contributed by atoms with van der Waals surface area (Å²) in [6, 6.07) is 28.4. The molecule has 0 fully saturated rings. The fraction of sp³-hybridized carbons (Fsp3) is 0.250. The molecule has 0 aliphatic carbocycles. The van der Waals surface area contributed by atoms with Crippen molar-refractivity contribution in [3.8, 4) is 11.5 Å². The lowest BCUT2D eigenvalue weighted by Crippen LogP contribution is -2.49. The van der Waals surface area contributed by atoms with E-state index in [1.807, 2.05) is 109 Å². The Labute approximate surface area is 234 Å². The number of nitrogens with one attached hydrogen (secondary N) is 1. The van der Waals surface area contributed by atoms with Crippen LogP contribution in [-0.4, -0.2) is 59.7 Å². The van der Waals surface area contributed by atoms with Crippen LogP contribution in [0.4, 0.5) is 10.5 Å². The van der Waals surface area contributed by atoms with Crippen LogP contribution >= 0.6 is 0 Å². The van der Waals surface area contributed by atoms with Gasteiger partial charge < -0.3 is 29.2 Å². The number of carbonyl (C=O) groups excluding carboxylic acids is 2. The van der Waals surface area contributed by atoms with E-state index in [0.29, 0.717) is 31.1 Å². The molecular formula is C32H34N4O4. The van der Waals surface area contributed by atoms with Crippen LogP contribution in [0.2, 0.25) is 0 Å². The van der Waals surface area contributed by atoms with E-state index in [-0.39, 0.29) is 31.1 Å². The Morgan fingerprint density at radius 3 is 2.48 bits per heavy atom. The highest BCUT2D eigenvalue weighted by atomic mass is 16.5.